The molecule has 6 heteroatoms. The quantitative estimate of drug-likeness (QED) is 0.874. The van der Waals surface area contributed by atoms with Crippen LogP contribution in [0.2, 0.25) is 5.02 Å². The van der Waals surface area contributed by atoms with Crippen LogP contribution in [0, 0.1) is 13.8 Å². The van der Waals surface area contributed by atoms with Crippen LogP contribution in [-0.2, 0) is 6.54 Å². The number of aromatic nitrogens is 3. The second-order valence-corrected chi connectivity index (χ2v) is 6.24. The summed E-state index contributed by atoms with van der Waals surface area (Å²) in [5, 5.41) is 8.53. The van der Waals surface area contributed by atoms with Crippen molar-refractivity contribution in [2.75, 3.05) is 6.54 Å². The zero-order chi connectivity index (χ0) is 15.7. The number of rotatable bonds is 3. The molecule has 0 radical (unpaired) electrons. The average Bonchev–Trinajstić information content (AvgIpc) is 3.14. The summed E-state index contributed by atoms with van der Waals surface area (Å²) in [4.78, 5) is 14.9. The molecule has 5 nitrogen and oxygen atoms in total. The molecule has 2 aromatic rings. The molecular weight excluding hydrogens is 300 g/mol. The molecule has 1 atom stereocenters. The van der Waals surface area contributed by atoms with E-state index in [9.17, 15) is 4.79 Å². The van der Waals surface area contributed by atoms with Gasteiger partial charge in [-0.1, -0.05) is 16.8 Å². The highest BCUT2D eigenvalue weighted by atomic mass is 35.5. The molecule has 22 heavy (non-hydrogen) atoms. The van der Waals surface area contributed by atoms with Gasteiger partial charge in [0.1, 0.15) is 0 Å². The van der Waals surface area contributed by atoms with Crippen LogP contribution in [0.25, 0.3) is 0 Å². The number of amides is 1. The summed E-state index contributed by atoms with van der Waals surface area (Å²) in [5.74, 6) is 0.0832. The molecule has 1 saturated heterocycles. The topological polar surface area (TPSA) is 51.0 Å². The fourth-order valence-electron chi connectivity index (χ4n) is 3.00. The minimum atomic E-state index is 0.0832. The zero-order valence-corrected chi connectivity index (χ0v) is 13.5. The smallest absolute Gasteiger partial charge is 0.254 e. The summed E-state index contributed by atoms with van der Waals surface area (Å²) >= 11 is 6.13. The number of benzene rings is 1. The molecule has 1 aliphatic rings. The van der Waals surface area contributed by atoms with Crippen LogP contribution in [-0.4, -0.2) is 38.4 Å². The minimum Gasteiger partial charge on any atom is -0.334 e. The van der Waals surface area contributed by atoms with Gasteiger partial charge in [0, 0.05) is 23.3 Å². The molecule has 116 valence electrons. The first-order valence-corrected chi connectivity index (χ1v) is 7.86. The molecule has 0 saturated carbocycles. The van der Waals surface area contributed by atoms with Crippen molar-refractivity contribution in [2.24, 2.45) is 0 Å². The molecule has 2 heterocycles. The molecule has 1 amide bonds. The van der Waals surface area contributed by atoms with Crippen molar-refractivity contribution in [1.82, 2.24) is 19.9 Å². The Hall–Kier alpha value is -1.88. The maximum absolute atomic E-state index is 12.9. The Labute approximate surface area is 134 Å². The van der Waals surface area contributed by atoms with Crippen LogP contribution >= 0.6 is 11.6 Å². The van der Waals surface area contributed by atoms with E-state index in [-0.39, 0.29) is 11.9 Å². The van der Waals surface area contributed by atoms with Crippen molar-refractivity contribution in [1.29, 1.82) is 0 Å². The normalized spacial score (nSPS) is 18.0. The Kier molecular flexibility index (Phi) is 4.16. The number of carbonyl (C=O) groups excluding carboxylic acids is 1. The number of aryl methyl sites for hydroxylation is 2. The molecule has 1 aliphatic heterocycles. The summed E-state index contributed by atoms with van der Waals surface area (Å²) in [5.41, 5.74) is 2.60. The number of nitrogens with zero attached hydrogens (tertiary/aromatic N) is 4. The van der Waals surface area contributed by atoms with Gasteiger partial charge >= 0.3 is 0 Å². The van der Waals surface area contributed by atoms with E-state index in [0.717, 1.165) is 36.1 Å². The molecule has 0 bridgehead atoms. The highest BCUT2D eigenvalue weighted by Crippen LogP contribution is 2.25. The maximum Gasteiger partial charge on any atom is 0.254 e. The Morgan fingerprint density at radius 1 is 1.36 bits per heavy atom. The third-order valence-electron chi connectivity index (χ3n) is 4.24. The predicted octanol–water partition coefficient (Wildman–Crippen LogP) is 2.85. The van der Waals surface area contributed by atoms with Crippen molar-refractivity contribution >= 4 is 17.5 Å². The average molecular weight is 319 g/mol. The van der Waals surface area contributed by atoms with Gasteiger partial charge in [0.2, 0.25) is 0 Å². The highest BCUT2D eigenvalue weighted by Gasteiger charge is 2.30. The molecule has 1 aromatic heterocycles. The number of hydrogen-bond acceptors (Lipinski definition) is 3. The van der Waals surface area contributed by atoms with Gasteiger partial charge in [-0.15, -0.1) is 5.10 Å². The van der Waals surface area contributed by atoms with Gasteiger partial charge in [0.25, 0.3) is 5.91 Å². The number of carbonyl (C=O) groups is 1. The first-order valence-electron chi connectivity index (χ1n) is 7.48. The van der Waals surface area contributed by atoms with E-state index in [1.165, 1.54) is 0 Å². The molecule has 0 aliphatic carbocycles. The van der Waals surface area contributed by atoms with Gasteiger partial charge in [0.05, 0.1) is 18.8 Å². The third kappa shape index (κ3) is 2.86. The lowest BCUT2D eigenvalue weighted by Gasteiger charge is -2.25. The minimum absolute atomic E-state index is 0.0832. The van der Waals surface area contributed by atoms with Crippen molar-refractivity contribution < 1.29 is 4.79 Å². The summed E-state index contributed by atoms with van der Waals surface area (Å²) in [6.07, 6.45) is 5.51. The van der Waals surface area contributed by atoms with Crippen molar-refractivity contribution in [3.05, 3.63) is 46.2 Å². The molecule has 0 N–H and O–H groups in total. The van der Waals surface area contributed by atoms with E-state index in [1.807, 2.05) is 37.1 Å². The van der Waals surface area contributed by atoms with Crippen molar-refractivity contribution in [3.8, 4) is 0 Å². The van der Waals surface area contributed by atoms with E-state index in [2.05, 4.69) is 10.3 Å². The zero-order valence-electron chi connectivity index (χ0n) is 12.8. The number of likely N-dealkylation sites (tertiary alicyclic amines) is 1. The van der Waals surface area contributed by atoms with Crippen LogP contribution in [0.15, 0.2) is 24.5 Å². The lowest BCUT2D eigenvalue weighted by Crippen LogP contribution is -2.38. The monoisotopic (exact) mass is 318 g/mol. The van der Waals surface area contributed by atoms with E-state index in [1.54, 1.807) is 10.9 Å². The van der Waals surface area contributed by atoms with Crippen molar-refractivity contribution in [2.45, 2.75) is 39.3 Å². The Morgan fingerprint density at radius 3 is 2.91 bits per heavy atom. The summed E-state index contributed by atoms with van der Waals surface area (Å²) < 4.78 is 1.79. The fourth-order valence-corrected chi connectivity index (χ4v) is 3.22. The second kappa shape index (κ2) is 6.08. The van der Waals surface area contributed by atoms with Gasteiger partial charge < -0.3 is 4.90 Å². The molecule has 1 fully saturated rings. The largest absolute Gasteiger partial charge is 0.334 e. The molecule has 3 rings (SSSR count). The van der Waals surface area contributed by atoms with Gasteiger partial charge in [-0.2, -0.15) is 0 Å². The first-order chi connectivity index (χ1) is 10.6. The molecule has 0 unspecified atom stereocenters. The van der Waals surface area contributed by atoms with Gasteiger partial charge in [0.15, 0.2) is 0 Å². The lowest BCUT2D eigenvalue weighted by atomic mass is 10.0. The fraction of sp³-hybridized carbons (Fsp3) is 0.438. The SMILES string of the molecule is Cc1cc(C(=O)N2CCC[C@H]2Cn2ccnn2)c(C)cc1Cl. The van der Waals surface area contributed by atoms with Crippen LogP contribution < -0.4 is 0 Å². The van der Waals surface area contributed by atoms with Crippen LogP contribution in [0.4, 0.5) is 0 Å². The Balaban J connectivity index is 1.83. The summed E-state index contributed by atoms with van der Waals surface area (Å²) in [6.45, 7) is 5.34. The van der Waals surface area contributed by atoms with E-state index >= 15 is 0 Å². The standard InChI is InChI=1S/C16H19ClN4O/c1-11-9-15(17)12(2)8-14(11)16(22)21-6-3-4-13(21)10-20-7-5-18-19-20/h5,7-9,13H,3-4,6,10H2,1-2H3/t13-/m0/s1. The van der Waals surface area contributed by atoms with Gasteiger partial charge in [-0.05, 0) is 49.9 Å². The summed E-state index contributed by atoms with van der Waals surface area (Å²) in [7, 11) is 0. The first kappa shape index (κ1) is 15.0. The third-order valence-corrected chi connectivity index (χ3v) is 4.65. The van der Waals surface area contributed by atoms with Crippen LogP contribution in [0.5, 0.6) is 0 Å². The summed E-state index contributed by atoms with van der Waals surface area (Å²) in [6, 6.07) is 3.93. The Bertz CT molecular complexity index is 684. The second-order valence-electron chi connectivity index (χ2n) is 5.84. The van der Waals surface area contributed by atoms with E-state index in [4.69, 9.17) is 11.6 Å². The van der Waals surface area contributed by atoms with Crippen LogP contribution in [0.3, 0.4) is 0 Å². The maximum atomic E-state index is 12.9. The number of halogens is 1. The molecule has 1 aromatic carbocycles. The van der Waals surface area contributed by atoms with E-state index in [0.29, 0.717) is 11.6 Å². The highest BCUT2D eigenvalue weighted by molar-refractivity contribution is 6.31. The van der Waals surface area contributed by atoms with Gasteiger partial charge in [-0.3, -0.25) is 9.48 Å². The molecule has 0 spiro atoms. The van der Waals surface area contributed by atoms with Crippen LogP contribution in [0.1, 0.15) is 34.3 Å². The molecular formula is C16H19ClN4O. The van der Waals surface area contributed by atoms with Crippen molar-refractivity contribution in [3.63, 3.8) is 0 Å². The number of hydrogen-bond donors (Lipinski definition) is 0. The van der Waals surface area contributed by atoms with Gasteiger partial charge in [-0.25, -0.2) is 0 Å². The lowest BCUT2D eigenvalue weighted by molar-refractivity contribution is 0.0720. The van der Waals surface area contributed by atoms with E-state index < -0.39 is 0 Å². The Morgan fingerprint density at radius 2 is 2.18 bits per heavy atom. The predicted molar refractivity (Wildman–Crippen MR) is 85.0 cm³/mol.